The molecule has 110 valence electrons. The van der Waals surface area contributed by atoms with Gasteiger partial charge in [-0.3, -0.25) is 4.79 Å². The van der Waals surface area contributed by atoms with Crippen LogP contribution >= 0.6 is 11.6 Å². The molecule has 0 aromatic heterocycles. The molecule has 1 aliphatic heterocycles. The number of nitrogens with zero attached hydrogens (tertiary/aromatic N) is 1. The van der Waals surface area contributed by atoms with Crippen LogP contribution in [0.25, 0.3) is 0 Å². The van der Waals surface area contributed by atoms with Gasteiger partial charge >= 0.3 is 5.97 Å². The number of carboxylic acid groups (broad SMARTS) is 1. The molecule has 20 heavy (non-hydrogen) atoms. The van der Waals surface area contributed by atoms with Gasteiger partial charge in [0.15, 0.2) is 0 Å². The van der Waals surface area contributed by atoms with E-state index in [4.69, 9.17) is 16.7 Å². The maximum atomic E-state index is 10.5. The fraction of sp³-hybridized carbons (Fsp3) is 0.533. The molecule has 1 aromatic carbocycles. The van der Waals surface area contributed by atoms with Crippen LogP contribution in [0.15, 0.2) is 24.3 Å². The van der Waals surface area contributed by atoms with Gasteiger partial charge in [0.2, 0.25) is 0 Å². The number of halogens is 1. The number of aliphatic hydroxyl groups is 1. The average Bonchev–Trinajstić information content (AvgIpc) is 2.46. The lowest BCUT2D eigenvalue weighted by molar-refractivity contribution is -0.137. The lowest BCUT2D eigenvalue weighted by Crippen LogP contribution is -2.36. The first kappa shape index (κ1) is 15.3. The van der Waals surface area contributed by atoms with E-state index in [-0.39, 0.29) is 12.3 Å². The normalized spacial score (nSPS) is 18.9. The van der Waals surface area contributed by atoms with Crippen molar-refractivity contribution >= 4 is 17.6 Å². The zero-order valence-corrected chi connectivity index (χ0v) is 12.1. The number of hydrogen-bond acceptors (Lipinski definition) is 3. The molecule has 0 amide bonds. The van der Waals surface area contributed by atoms with Crippen molar-refractivity contribution in [1.82, 2.24) is 4.90 Å². The number of aliphatic hydroxyl groups excluding tert-OH is 1. The van der Waals surface area contributed by atoms with Crippen LogP contribution in [0.2, 0.25) is 5.02 Å². The summed E-state index contributed by atoms with van der Waals surface area (Å²) in [5, 5.41) is 19.7. The van der Waals surface area contributed by atoms with E-state index in [9.17, 15) is 9.90 Å². The van der Waals surface area contributed by atoms with Crippen molar-refractivity contribution in [1.29, 1.82) is 0 Å². The largest absolute Gasteiger partial charge is 0.481 e. The van der Waals surface area contributed by atoms with E-state index in [1.165, 1.54) is 0 Å². The van der Waals surface area contributed by atoms with Crippen LogP contribution in [0.4, 0.5) is 0 Å². The van der Waals surface area contributed by atoms with Crippen LogP contribution in [0.3, 0.4) is 0 Å². The van der Waals surface area contributed by atoms with Gasteiger partial charge in [-0.2, -0.15) is 0 Å². The Hall–Kier alpha value is -1.10. The molecule has 2 N–H and O–H groups in total. The molecule has 0 bridgehead atoms. The number of carboxylic acids is 1. The molecule has 0 saturated carbocycles. The monoisotopic (exact) mass is 297 g/mol. The van der Waals surface area contributed by atoms with Crippen molar-refractivity contribution in [2.45, 2.75) is 25.4 Å². The quantitative estimate of drug-likeness (QED) is 0.877. The first-order chi connectivity index (χ1) is 9.56. The van der Waals surface area contributed by atoms with Crippen LogP contribution in [-0.2, 0) is 4.79 Å². The fourth-order valence-corrected chi connectivity index (χ4v) is 2.80. The Bertz CT molecular complexity index is 441. The summed E-state index contributed by atoms with van der Waals surface area (Å²) in [7, 11) is 0. The molecule has 4 nitrogen and oxygen atoms in total. The number of aliphatic carboxylic acids is 1. The maximum Gasteiger partial charge on any atom is 0.304 e. The summed E-state index contributed by atoms with van der Waals surface area (Å²) >= 11 is 5.85. The molecule has 0 aliphatic carbocycles. The van der Waals surface area contributed by atoms with Crippen molar-refractivity contribution in [3.8, 4) is 0 Å². The average molecular weight is 298 g/mol. The highest BCUT2D eigenvalue weighted by Crippen LogP contribution is 2.31. The summed E-state index contributed by atoms with van der Waals surface area (Å²) in [5.74, 6) is -0.523. The minimum Gasteiger partial charge on any atom is -0.481 e. The number of benzene rings is 1. The summed E-state index contributed by atoms with van der Waals surface area (Å²) in [6.45, 7) is 2.30. The Morgan fingerprint density at radius 2 is 1.90 bits per heavy atom. The van der Waals surface area contributed by atoms with Gasteiger partial charge in [0.1, 0.15) is 0 Å². The minimum absolute atomic E-state index is 0.185. The second-order valence-electron chi connectivity index (χ2n) is 5.32. The SMILES string of the molecule is O=C(O)CCN1CCC([C@@H](O)c2ccc(Cl)cc2)CC1. The smallest absolute Gasteiger partial charge is 0.304 e. The summed E-state index contributed by atoms with van der Waals surface area (Å²) in [5.41, 5.74) is 0.901. The number of likely N-dealkylation sites (tertiary alicyclic amines) is 1. The van der Waals surface area contributed by atoms with Gasteiger partial charge in [0.05, 0.1) is 12.5 Å². The molecule has 1 atom stereocenters. The zero-order valence-electron chi connectivity index (χ0n) is 11.3. The molecule has 1 fully saturated rings. The molecule has 1 aromatic rings. The van der Waals surface area contributed by atoms with Crippen LogP contribution in [-0.4, -0.2) is 40.7 Å². The third-order valence-electron chi connectivity index (χ3n) is 3.93. The Morgan fingerprint density at radius 1 is 1.30 bits per heavy atom. The van der Waals surface area contributed by atoms with Crippen LogP contribution in [0.5, 0.6) is 0 Å². The Morgan fingerprint density at radius 3 is 2.45 bits per heavy atom. The predicted octanol–water partition coefficient (Wildman–Crippen LogP) is 2.56. The number of rotatable bonds is 5. The predicted molar refractivity (Wildman–Crippen MR) is 77.8 cm³/mol. The second kappa shape index (κ2) is 7.07. The van der Waals surface area contributed by atoms with E-state index in [0.717, 1.165) is 31.5 Å². The minimum atomic E-state index is -0.756. The van der Waals surface area contributed by atoms with Gasteiger partial charge in [-0.25, -0.2) is 0 Å². The highest BCUT2D eigenvalue weighted by atomic mass is 35.5. The summed E-state index contributed by atoms with van der Waals surface area (Å²) in [4.78, 5) is 12.7. The molecule has 1 saturated heterocycles. The van der Waals surface area contributed by atoms with E-state index >= 15 is 0 Å². The molecule has 2 rings (SSSR count). The van der Waals surface area contributed by atoms with E-state index in [1.54, 1.807) is 12.1 Å². The first-order valence-electron chi connectivity index (χ1n) is 6.94. The fourth-order valence-electron chi connectivity index (χ4n) is 2.68. The van der Waals surface area contributed by atoms with Crippen molar-refractivity contribution < 1.29 is 15.0 Å². The van der Waals surface area contributed by atoms with Crippen LogP contribution < -0.4 is 0 Å². The first-order valence-corrected chi connectivity index (χ1v) is 7.31. The van der Waals surface area contributed by atoms with E-state index < -0.39 is 12.1 Å². The molecule has 0 spiro atoms. The molecule has 5 heteroatoms. The molecular weight excluding hydrogens is 278 g/mol. The third kappa shape index (κ3) is 4.20. The van der Waals surface area contributed by atoms with Gasteiger partial charge in [-0.1, -0.05) is 23.7 Å². The molecule has 0 radical (unpaired) electrons. The zero-order chi connectivity index (χ0) is 14.5. The third-order valence-corrected chi connectivity index (χ3v) is 4.18. The lowest BCUT2D eigenvalue weighted by atomic mass is 9.87. The van der Waals surface area contributed by atoms with Crippen LogP contribution in [0.1, 0.15) is 30.9 Å². The topological polar surface area (TPSA) is 60.8 Å². The van der Waals surface area contributed by atoms with Gasteiger partial charge in [0, 0.05) is 11.6 Å². The maximum absolute atomic E-state index is 10.5. The van der Waals surface area contributed by atoms with Gasteiger partial charge in [-0.15, -0.1) is 0 Å². The van der Waals surface area contributed by atoms with Crippen molar-refractivity contribution in [3.63, 3.8) is 0 Å². The van der Waals surface area contributed by atoms with Gasteiger partial charge in [0.25, 0.3) is 0 Å². The Balaban J connectivity index is 1.83. The molecule has 0 unspecified atom stereocenters. The van der Waals surface area contributed by atoms with E-state index in [1.807, 2.05) is 12.1 Å². The molecular formula is C15H20ClNO3. The Kier molecular flexibility index (Phi) is 5.40. The second-order valence-corrected chi connectivity index (χ2v) is 5.76. The number of hydrogen-bond donors (Lipinski definition) is 2. The summed E-state index contributed by atoms with van der Waals surface area (Å²) in [6.07, 6.45) is 1.51. The van der Waals surface area contributed by atoms with Crippen LogP contribution in [0, 0.1) is 5.92 Å². The van der Waals surface area contributed by atoms with Gasteiger partial charge in [-0.05, 0) is 49.5 Å². The molecule has 1 aliphatic rings. The highest BCUT2D eigenvalue weighted by molar-refractivity contribution is 6.30. The Labute approximate surface area is 124 Å². The van der Waals surface area contributed by atoms with Gasteiger partial charge < -0.3 is 15.1 Å². The van der Waals surface area contributed by atoms with Crippen molar-refractivity contribution in [2.75, 3.05) is 19.6 Å². The van der Waals surface area contributed by atoms with E-state index in [2.05, 4.69) is 4.90 Å². The standard InChI is InChI=1S/C15H20ClNO3/c16-13-3-1-11(2-4-13)15(20)12-5-8-17(9-6-12)10-7-14(18)19/h1-4,12,15,20H,5-10H2,(H,18,19)/t15-/m0/s1. The number of carbonyl (C=O) groups is 1. The summed E-state index contributed by atoms with van der Waals surface area (Å²) < 4.78 is 0. The molecule has 1 heterocycles. The number of piperidine rings is 1. The summed E-state index contributed by atoms with van der Waals surface area (Å²) in [6, 6.07) is 7.32. The van der Waals surface area contributed by atoms with E-state index in [0.29, 0.717) is 11.6 Å². The highest BCUT2D eigenvalue weighted by Gasteiger charge is 2.26. The van der Waals surface area contributed by atoms with Crippen molar-refractivity contribution in [2.24, 2.45) is 5.92 Å². The lowest BCUT2D eigenvalue weighted by Gasteiger charge is -2.34. The van der Waals surface area contributed by atoms with Crippen molar-refractivity contribution in [3.05, 3.63) is 34.9 Å².